The largest absolute Gasteiger partial charge is 0.381 e. The number of nitrogens with one attached hydrogen (secondary N) is 1. The molecular weight excluding hydrogens is 314 g/mol. The first-order valence-corrected chi connectivity index (χ1v) is 9.45. The van der Waals surface area contributed by atoms with E-state index in [0.717, 1.165) is 38.0 Å². The quantitative estimate of drug-likeness (QED) is 0.894. The molecule has 2 heterocycles. The van der Waals surface area contributed by atoms with Gasteiger partial charge in [0.1, 0.15) is 0 Å². The number of anilines is 1. The Morgan fingerprint density at radius 2 is 1.96 bits per heavy atom. The number of amides is 2. The highest BCUT2D eigenvalue weighted by Gasteiger charge is 2.28. The van der Waals surface area contributed by atoms with Crippen molar-refractivity contribution in [2.45, 2.75) is 51.5 Å². The molecule has 1 N–H and O–H groups in total. The van der Waals surface area contributed by atoms with Crippen molar-refractivity contribution in [3.05, 3.63) is 29.8 Å². The van der Waals surface area contributed by atoms with E-state index in [0.29, 0.717) is 18.9 Å². The fourth-order valence-electron chi connectivity index (χ4n) is 3.66. The monoisotopic (exact) mass is 343 g/mol. The molecule has 2 fully saturated rings. The summed E-state index contributed by atoms with van der Waals surface area (Å²) in [5.41, 5.74) is 2.44. The minimum absolute atomic E-state index is 0.0805. The van der Waals surface area contributed by atoms with Crippen LogP contribution < -0.4 is 5.32 Å². The number of hydrogen-bond donors (Lipinski definition) is 1. The predicted molar refractivity (Wildman–Crippen MR) is 99.6 cm³/mol. The average Bonchev–Trinajstić information content (AvgIpc) is 3.00. The molecule has 5 heteroatoms. The Morgan fingerprint density at radius 3 is 2.60 bits per heavy atom. The molecule has 2 saturated heterocycles. The van der Waals surface area contributed by atoms with E-state index < -0.39 is 0 Å². The number of likely N-dealkylation sites (tertiary alicyclic amines) is 2. The number of carbonyl (C=O) groups excluding carboxylic acids is 2. The van der Waals surface area contributed by atoms with E-state index in [1.807, 2.05) is 4.90 Å². The van der Waals surface area contributed by atoms with Crippen LogP contribution in [0.15, 0.2) is 24.3 Å². The van der Waals surface area contributed by atoms with Crippen molar-refractivity contribution in [2.75, 3.05) is 31.5 Å². The number of piperidine rings is 1. The van der Waals surface area contributed by atoms with Gasteiger partial charge in [0.25, 0.3) is 0 Å². The Morgan fingerprint density at radius 1 is 1.20 bits per heavy atom. The smallest absolute Gasteiger partial charge is 0.242 e. The molecule has 1 aromatic rings. The van der Waals surface area contributed by atoms with Crippen LogP contribution in [0.3, 0.4) is 0 Å². The Balaban J connectivity index is 1.53. The van der Waals surface area contributed by atoms with Crippen molar-refractivity contribution in [2.24, 2.45) is 0 Å². The molecule has 2 aliphatic rings. The lowest BCUT2D eigenvalue weighted by atomic mass is 10.0. The van der Waals surface area contributed by atoms with Gasteiger partial charge in [0.05, 0.1) is 6.54 Å². The molecule has 1 unspecified atom stereocenters. The zero-order chi connectivity index (χ0) is 17.8. The first-order valence-electron chi connectivity index (χ1n) is 9.45. The van der Waals surface area contributed by atoms with E-state index in [4.69, 9.17) is 0 Å². The summed E-state index contributed by atoms with van der Waals surface area (Å²) in [6.07, 6.45) is 3.53. The first-order chi connectivity index (χ1) is 12.0. The topological polar surface area (TPSA) is 52.7 Å². The molecule has 136 valence electrons. The molecule has 1 aromatic carbocycles. The van der Waals surface area contributed by atoms with E-state index in [1.54, 1.807) is 4.90 Å². The summed E-state index contributed by atoms with van der Waals surface area (Å²) in [4.78, 5) is 27.8. The summed E-state index contributed by atoms with van der Waals surface area (Å²) in [6.45, 7) is 6.87. The second kappa shape index (κ2) is 7.89. The maximum Gasteiger partial charge on any atom is 0.242 e. The molecule has 0 aromatic heterocycles. The van der Waals surface area contributed by atoms with Crippen molar-refractivity contribution >= 4 is 17.5 Å². The maximum absolute atomic E-state index is 12.5. The van der Waals surface area contributed by atoms with Gasteiger partial charge in [-0.3, -0.25) is 9.59 Å². The summed E-state index contributed by atoms with van der Waals surface area (Å²) in [7, 11) is 0. The fourth-order valence-corrected chi connectivity index (χ4v) is 3.66. The third kappa shape index (κ3) is 4.53. The Hall–Kier alpha value is -2.04. The van der Waals surface area contributed by atoms with Gasteiger partial charge < -0.3 is 15.1 Å². The second-order valence-electron chi connectivity index (χ2n) is 7.52. The Labute approximate surface area is 150 Å². The van der Waals surface area contributed by atoms with Gasteiger partial charge in [-0.2, -0.15) is 0 Å². The average molecular weight is 343 g/mol. The standard InChI is InChI=1S/C20H29N3O2/c1-15(2)16-7-9-17(10-8-16)21-18-5-3-11-22(13-18)20(25)14-23-12-4-6-19(23)24/h7-10,15,18,21H,3-6,11-14H2,1-2H3. The van der Waals surface area contributed by atoms with Crippen LogP contribution in [0.2, 0.25) is 0 Å². The van der Waals surface area contributed by atoms with Crippen molar-refractivity contribution in [1.82, 2.24) is 9.80 Å². The van der Waals surface area contributed by atoms with Gasteiger partial charge in [-0.25, -0.2) is 0 Å². The van der Waals surface area contributed by atoms with Crippen molar-refractivity contribution < 1.29 is 9.59 Å². The number of rotatable bonds is 5. The molecule has 1 atom stereocenters. The van der Waals surface area contributed by atoms with Crippen LogP contribution in [0.25, 0.3) is 0 Å². The number of carbonyl (C=O) groups is 2. The summed E-state index contributed by atoms with van der Waals surface area (Å²) in [5, 5.41) is 3.56. The zero-order valence-electron chi connectivity index (χ0n) is 15.3. The molecular formula is C20H29N3O2. The second-order valence-corrected chi connectivity index (χ2v) is 7.52. The minimum atomic E-state index is 0.0805. The number of benzene rings is 1. The molecule has 0 aliphatic carbocycles. The lowest BCUT2D eigenvalue weighted by Crippen LogP contribution is -2.48. The van der Waals surface area contributed by atoms with Crippen LogP contribution in [0.4, 0.5) is 5.69 Å². The molecule has 5 nitrogen and oxygen atoms in total. The van der Waals surface area contributed by atoms with Crippen molar-refractivity contribution in [3.8, 4) is 0 Å². The van der Waals surface area contributed by atoms with Gasteiger partial charge in [-0.05, 0) is 42.9 Å². The molecule has 2 aliphatic heterocycles. The Kier molecular flexibility index (Phi) is 5.61. The summed E-state index contributed by atoms with van der Waals surface area (Å²) in [6, 6.07) is 8.85. The molecule has 2 amide bonds. The highest BCUT2D eigenvalue weighted by Crippen LogP contribution is 2.20. The van der Waals surface area contributed by atoms with Gasteiger partial charge in [0.15, 0.2) is 0 Å². The minimum Gasteiger partial charge on any atom is -0.381 e. The molecule has 0 saturated carbocycles. The summed E-state index contributed by atoms with van der Waals surface area (Å²) in [5.74, 6) is 0.729. The van der Waals surface area contributed by atoms with Crippen LogP contribution in [0, 0.1) is 0 Å². The van der Waals surface area contributed by atoms with Gasteiger partial charge in [-0.1, -0.05) is 26.0 Å². The van der Waals surface area contributed by atoms with Gasteiger partial charge >= 0.3 is 0 Å². The maximum atomic E-state index is 12.5. The zero-order valence-corrected chi connectivity index (χ0v) is 15.3. The van der Waals surface area contributed by atoms with E-state index in [1.165, 1.54) is 5.56 Å². The van der Waals surface area contributed by atoms with E-state index in [-0.39, 0.29) is 24.4 Å². The first kappa shape index (κ1) is 17.8. The highest BCUT2D eigenvalue weighted by molar-refractivity contribution is 5.86. The van der Waals surface area contributed by atoms with E-state index >= 15 is 0 Å². The fraction of sp³-hybridized carbons (Fsp3) is 0.600. The summed E-state index contributed by atoms with van der Waals surface area (Å²) < 4.78 is 0. The van der Waals surface area contributed by atoms with Crippen LogP contribution in [0.5, 0.6) is 0 Å². The van der Waals surface area contributed by atoms with Gasteiger partial charge in [0, 0.05) is 37.8 Å². The third-order valence-corrected chi connectivity index (χ3v) is 5.22. The summed E-state index contributed by atoms with van der Waals surface area (Å²) >= 11 is 0. The van der Waals surface area contributed by atoms with Crippen LogP contribution in [0.1, 0.15) is 51.0 Å². The van der Waals surface area contributed by atoms with E-state index in [9.17, 15) is 9.59 Å². The van der Waals surface area contributed by atoms with Gasteiger partial charge in [0.2, 0.25) is 11.8 Å². The highest BCUT2D eigenvalue weighted by atomic mass is 16.2. The van der Waals surface area contributed by atoms with Crippen LogP contribution in [-0.4, -0.2) is 53.8 Å². The SMILES string of the molecule is CC(C)c1ccc(NC2CCCN(C(=O)CN3CCCC3=O)C2)cc1. The molecule has 25 heavy (non-hydrogen) atoms. The van der Waals surface area contributed by atoms with Crippen LogP contribution >= 0.6 is 0 Å². The molecule has 0 spiro atoms. The van der Waals surface area contributed by atoms with Gasteiger partial charge in [-0.15, -0.1) is 0 Å². The normalized spacial score (nSPS) is 21.1. The number of hydrogen-bond acceptors (Lipinski definition) is 3. The van der Waals surface area contributed by atoms with Crippen molar-refractivity contribution in [1.29, 1.82) is 0 Å². The molecule has 0 radical (unpaired) electrons. The van der Waals surface area contributed by atoms with Crippen LogP contribution in [-0.2, 0) is 9.59 Å². The third-order valence-electron chi connectivity index (χ3n) is 5.22. The lowest BCUT2D eigenvalue weighted by molar-refractivity contribution is -0.139. The molecule has 0 bridgehead atoms. The molecule has 3 rings (SSSR count). The Bertz CT molecular complexity index is 612. The van der Waals surface area contributed by atoms with E-state index in [2.05, 4.69) is 43.4 Å². The number of nitrogens with zero attached hydrogens (tertiary/aromatic N) is 2. The lowest BCUT2D eigenvalue weighted by Gasteiger charge is -2.34. The predicted octanol–water partition coefficient (Wildman–Crippen LogP) is 2.84. The van der Waals surface area contributed by atoms with Crippen molar-refractivity contribution in [3.63, 3.8) is 0 Å².